The van der Waals surface area contributed by atoms with Crippen LogP contribution in [0.15, 0.2) is 48.5 Å². The lowest BCUT2D eigenvalue weighted by atomic mass is 10.1. The molecule has 2 rings (SSSR count). The average Bonchev–Trinajstić information content (AvgIpc) is 2.47. The Labute approximate surface area is 118 Å². The van der Waals surface area contributed by atoms with E-state index in [9.17, 15) is 9.18 Å². The van der Waals surface area contributed by atoms with Crippen LogP contribution in [-0.2, 0) is 0 Å². The van der Waals surface area contributed by atoms with Gasteiger partial charge in [-0.3, -0.25) is 4.79 Å². The van der Waals surface area contributed by atoms with Gasteiger partial charge in [0.15, 0.2) is 0 Å². The molecule has 2 aromatic carbocycles. The number of benzene rings is 2. The van der Waals surface area contributed by atoms with Gasteiger partial charge < -0.3 is 10.2 Å². The van der Waals surface area contributed by atoms with Crippen LogP contribution in [0, 0.1) is 5.82 Å². The van der Waals surface area contributed by atoms with Gasteiger partial charge in [-0.1, -0.05) is 12.1 Å². The van der Waals surface area contributed by atoms with Crippen LogP contribution >= 0.6 is 0 Å². The van der Waals surface area contributed by atoms with Gasteiger partial charge in [-0.05, 0) is 43.3 Å². The summed E-state index contributed by atoms with van der Waals surface area (Å²) in [5.41, 5.74) is 1.75. The molecule has 0 spiro atoms. The number of rotatable bonds is 4. The van der Waals surface area contributed by atoms with Crippen LogP contribution in [0.4, 0.5) is 15.8 Å². The van der Waals surface area contributed by atoms with Gasteiger partial charge in [0.1, 0.15) is 5.82 Å². The second-order valence-corrected chi connectivity index (χ2v) is 4.42. The summed E-state index contributed by atoms with van der Waals surface area (Å²) in [4.78, 5) is 13.6. The minimum atomic E-state index is -0.410. The average molecular weight is 272 g/mol. The maximum atomic E-state index is 13.7. The minimum absolute atomic E-state index is 0.238. The number of carbonyl (C=O) groups is 1. The molecule has 0 aliphatic rings. The third kappa shape index (κ3) is 2.96. The second-order valence-electron chi connectivity index (χ2n) is 4.42. The van der Waals surface area contributed by atoms with Gasteiger partial charge in [-0.25, -0.2) is 4.39 Å². The first kappa shape index (κ1) is 14.1. The Morgan fingerprint density at radius 1 is 1.15 bits per heavy atom. The van der Waals surface area contributed by atoms with E-state index in [4.69, 9.17) is 0 Å². The normalized spacial score (nSPS) is 10.2. The molecule has 0 unspecified atom stereocenters. The van der Waals surface area contributed by atoms with Gasteiger partial charge in [0.2, 0.25) is 0 Å². The lowest BCUT2D eigenvalue weighted by Crippen LogP contribution is -2.27. The molecule has 2 aromatic rings. The van der Waals surface area contributed by atoms with E-state index in [1.165, 1.54) is 11.0 Å². The number of anilines is 2. The minimum Gasteiger partial charge on any atom is -0.385 e. The van der Waals surface area contributed by atoms with Crippen LogP contribution < -0.4 is 10.2 Å². The van der Waals surface area contributed by atoms with E-state index >= 15 is 0 Å². The molecule has 0 bridgehead atoms. The highest BCUT2D eigenvalue weighted by molar-refractivity contribution is 6.05. The third-order valence-corrected chi connectivity index (χ3v) is 3.03. The number of nitrogens with zero attached hydrogens (tertiary/aromatic N) is 1. The van der Waals surface area contributed by atoms with Gasteiger partial charge in [0.25, 0.3) is 5.91 Å². The standard InChI is InChI=1S/C16H17FN2O/c1-3-18-13-10-8-12(9-11-13)16(20)19(2)15-7-5-4-6-14(15)17/h4-11,18H,3H2,1-2H3. The van der Waals surface area contributed by atoms with E-state index in [1.807, 2.05) is 19.1 Å². The Kier molecular flexibility index (Phi) is 4.35. The first-order chi connectivity index (χ1) is 9.63. The van der Waals surface area contributed by atoms with Crippen LogP contribution in [0.3, 0.4) is 0 Å². The van der Waals surface area contributed by atoms with Crippen molar-refractivity contribution >= 4 is 17.3 Å². The van der Waals surface area contributed by atoms with Gasteiger partial charge in [-0.15, -0.1) is 0 Å². The molecule has 4 heteroatoms. The molecule has 0 aliphatic carbocycles. The van der Waals surface area contributed by atoms with E-state index in [1.54, 1.807) is 37.4 Å². The smallest absolute Gasteiger partial charge is 0.258 e. The zero-order valence-corrected chi connectivity index (χ0v) is 11.6. The SMILES string of the molecule is CCNc1ccc(C(=O)N(C)c2ccccc2F)cc1. The Balaban J connectivity index is 2.20. The van der Waals surface area contributed by atoms with Crippen molar-refractivity contribution < 1.29 is 9.18 Å². The summed E-state index contributed by atoms with van der Waals surface area (Å²) in [5, 5.41) is 3.16. The highest BCUT2D eigenvalue weighted by Gasteiger charge is 2.16. The molecule has 1 N–H and O–H groups in total. The molecule has 0 atom stereocenters. The molecule has 0 aromatic heterocycles. The van der Waals surface area contributed by atoms with E-state index in [-0.39, 0.29) is 11.6 Å². The molecular weight excluding hydrogens is 255 g/mol. The number of hydrogen-bond donors (Lipinski definition) is 1. The van der Waals surface area contributed by atoms with Crippen LogP contribution in [0.1, 0.15) is 17.3 Å². The van der Waals surface area contributed by atoms with Crippen molar-refractivity contribution in [2.45, 2.75) is 6.92 Å². The summed E-state index contributed by atoms with van der Waals surface area (Å²) in [6.45, 7) is 2.83. The molecule has 0 saturated heterocycles. The van der Waals surface area contributed by atoms with Gasteiger partial charge >= 0.3 is 0 Å². The van der Waals surface area contributed by atoms with Crippen LogP contribution in [0.5, 0.6) is 0 Å². The van der Waals surface area contributed by atoms with Crippen molar-refractivity contribution in [1.82, 2.24) is 0 Å². The largest absolute Gasteiger partial charge is 0.385 e. The molecule has 3 nitrogen and oxygen atoms in total. The Hall–Kier alpha value is -2.36. The number of hydrogen-bond acceptors (Lipinski definition) is 2. The molecule has 0 saturated carbocycles. The molecule has 0 fully saturated rings. The predicted octanol–water partition coefficient (Wildman–Crippen LogP) is 3.53. The molecule has 20 heavy (non-hydrogen) atoms. The third-order valence-electron chi connectivity index (χ3n) is 3.03. The molecule has 104 valence electrons. The molecule has 0 heterocycles. The van der Waals surface area contributed by atoms with Crippen molar-refractivity contribution in [2.75, 3.05) is 23.8 Å². The zero-order chi connectivity index (χ0) is 14.5. The van der Waals surface area contributed by atoms with Gasteiger partial charge in [-0.2, -0.15) is 0 Å². The monoisotopic (exact) mass is 272 g/mol. The van der Waals surface area contributed by atoms with E-state index in [0.717, 1.165) is 12.2 Å². The van der Waals surface area contributed by atoms with Crippen molar-refractivity contribution in [2.24, 2.45) is 0 Å². The number of nitrogens with one attached hydrogen (secondary N) is 1. The fraction of sp³-hybridized carbons (Fsp3) is 0.188. The lowest BCUT2D eigenvalue weighted by Gasteiger charge is -2.18. The summed E-state index contributed by atoms with van der Waals surface area (Å²) in [6, 6.07) is 13.4. The second kappa shape index (κ2) is 6.19. The fourth-order valence-electron chi connectivity index (χ4n) is 1.96. The van der Waals surface area contributed by atoms with Crippen molar-refractivity contribution in [3.05, 3.63) is 59.9 Å². The molecule has 0 radical (unpaired) electrons. The molecular formula is C16H17FN2O. The fourth-order valence-corrected chi connectivity index (χ4v) is 1.96. The van der Waals surface area contributed by atoms with Crippen LogP contribution in [0.25, 0.3) is 0 Å². The summed E-state index contributed by atoms with van der Waals surface area (Å²) >= 11 is 0. The number of para-hydroxylation sites is 1. The maximum Gasteiger partial charge on any atom is 0.258 e. The topological polar surface area (TPSA) is 32.3 Å². The Bertz CT molecular complexity index is 596. The summed E-state index contributed by atoms with van der Waals surface area (Å²) < 4.78 is 13.7. The summed E-state index contributed by atoms with van der Waals surface area (Å²) in [6.07, 6.45) is 0. The van der Waals surface area contributed by atoms with Crippen LogP contribution in [0.2, 0.25) is 0 Å². The first-order valence-electron chi connectivity index (χ1n) is 6.50. The van der Waals surface area contributed by atoms with Crippen molar-refractivity contribution in [3.63, 3.8) is 0 Å². The maximum absolute atomic E-state index is 13.7. The molecule has 0 aliphatic heterocycles. The lowest BCUT2D eigenvalue weighted by molar-refractivity contribution is 0.0992. The van der Waals surface area contributed by atoms with Crippen molar-refractivity contribution in [3.8, 4) is 0 Å². The molecule has 1 amide bonds. The van der Waals surface area contributed by atoms with E-state index in [2.05, 4.69) is 5.32 Å². The number of amides is 1. The van der Waals surface area contributed by atoms with Crippen molar-refractivity contribution in [1.29, 1.82) is 0 Å². The highest BCUT2D eigenvalue weighted by atomic mass is 19.1. The van der Waals surface area contributed by atoms with Gasteiger partial charge in [0.05, 0.1) is 5.69 Å². The number of halogens is 1. The predicted molar refractivity (Wildman–Crippen MR) is 79.7 cm³/mol. The summed E-state index contributed by atoms with van der Waals surface area (Å²) in [7, 11) is 1.57. The van der Waals surface area contributed by atoms with Gasteiger partial charge in [0, 0.05) is 24.8 Å². The van der Waals surface area contributed by atoms with E-state index < -0.39 is 5.82 Å². The number of carbonyl (C=O) groups excluding carboxylic acids is 1. The Morgan fingerprint density at radius 3 is 2.40 bits per heavy atom. The first-order valence-corrected chi connectivity index (χ1v) is 6.50. The quantitative estimate of drug-likeness (QED) is 0.923. The highest BCUT2D eigenvalue weighted by Crippen LogP contribution is 2.20. The summed E-state index contributed by atoms with van der Waals surface area (Å²) in [5.74, 6) is -0.647. The Morgan fingerprint density at radius 2 is 1.80 bits per heavy atom. The van der Waals surface area contributed by atoms with E-state index in [0.29, 0.717) is 5.56 Å². The zero-order valence-electron chi connectivity index (χ0n) is 11.6. The van der Waals surface area contributed by atoms with Crippen LogP contribution in [-0.4, -0.2) is 19.5 Å².